The molecule has 0 bridgehead atoms. The minimum absolute atomic E-state index is 0.0496. The summed E-state index contributed by atoms with van der Waals surface area (Å²) in [5, 5.41) is 13.4. The lowest BCUT2D eigenvalue weighted by Crippen LogP contribution is -2.19. The molecule has 2 aromatic rings. The number of hydrogen-bond donors (Lipinski definition) is 2. The Morgan fingerprint density at radius 2 is 2.00 bits per heavy atom. The van der Waals surface area contributed by atoms with Crippen molar-refractivity contribution >= 4 is 27.6 Å². The van der Waals surface area contributed by atoms with Crippen molar-refractivity contribution < 1.29 is 13.2 Å². The summed E-state index contributed by atoms with van der Waals surface area (Å²) in [5.41, 5.74) is 0.0496. The standard InChI is InChI=1S/C13H15BrF2N4O/c1-7(2)5-17-6-12-19-20-13(21-12)18-11-3-8(14)9(15)4-10(11)16/h3-4,7,17H,5-6H2,1-2H3,(H,18,20). The summed E-state index contributed by atoms with van der Waals surface area (Å²) in [7, 11) is 0. The van der Waals surface area contributed by atoms with E-state index in [2.05, 4.69) is 50.6 Å². The average Bonchev–Trinajstić information content (AvgIpc) is 2.83. The van der Waals surface area contributed by atoms with Gasteiger partial charge in [-0.1, -0.05) is 18.9 Å². The van der Waals surface area contributed by atoms with Crippen molar-refractivity contribution in [1.82, 2.24) is 15.5 Å². The topological polar surface area (TPSA) is 63.0 Å². The number of anilines is 2. The Kier molecular flexibility index (Phi) is 5.24. The smallest absolute Gasteiger partial charge is 0.320 e. The normalized spacial score (nSPS) is 11.1. The molecule has 1 aromatic heterocycles. The lowest BCUT2D eigenvalue weighted by molar-refractivity contribution is 0.460. The van der Waals surface area contributed by atoms with Crippen molar-refractivity contribution in [2.45, 2.75) is 20.4 Å². The molecule has 0 fully saturated rings. The molecule has 0 saturated carbocycles. The zero-order chi connectivity index (χ0) is 15.4. The quantitative estimate of drug-likeness (QED) is 0.770. The van der Waals surface area contributed by atoms with E-state index in [-0.39, 0.29) is 16.2 Å². The van der Waals surface area contributed by atoms with E-state index in [0.29, 0.717) is 18.4 Å². The molecule has 114 valence electrons. The summed E-state index contributed by atoms with van der Waals surface area (Å²) >= 11 is 2.99. The molecule has 1 aromatic carbocycles. The Morgan fingerprint density at radius 3 is 2.71 bits per heavy atom. The molecule has 0 radical (unpaired) electrons. The van der Waals surface area contributed by atoms with Crippen molar-refractivity contribution in [3.8, 4) is 0 Å². The van der Waals surface area contributed by atoms with E-state index in [1.807, 2.05) is 0 Å². The minimum Gasteiger partial charge on any atom is -0.406 e. The van der Waals surface area contributed by atoms with Gasteiger partial charge in [0.15, 0.2) is 0 Å². The van der Waals surface area contributed by atoms with E-state index in [4.69, 9.17) is 4.42 Å². The third-order valence-corrected chi connectivity index (χ3v) is 3.15. The third-order valence-electron chi connectivity index (χ3n) is 2.55. The number of nitrogens with one attached hydrogen (secondary N) is 2. The van der Waals surface area contributed by atoms with Gasteiger partial charge in [0.2, 0.25) is 5.89 Å². The molecule has 1 heterocycles. The number of rotatable bonds is 6. The number of halogens is 3. The highest BCUT2D eigenvalue weighted by Crippen LogP contribution is 2.25. The highest BCUT2D eigenvalue weighted by Gasteiger charge is 2.12. The lowest BCUT2D eigenvalue weighted by atomic mass is 10.2. The fraction of sp³-hybridized carbons (Fsp3) is 0.385. The molecule has 0 saturated heterocycles. The van der Waals surface area contributed by atoms with Crippen molar-refractivity contribution in [3.05, 3.63) is 34.1 Å². The Labute approximate surface area is 129 Å². The van der Waals surface area contributed by atoms with Crippen molar-refractivity contribution in [3.63, 3.8) is 0 Å². The molecule has 2 rings (SSSR count). The van der Waals surface area contributed by atoms with Gasteiger partial charge in [0.1, 0.15) is 11.6 Å². The molecule has 0 aliphatic heterocycles. The maximum Gasteiger partial charge on any atom is 0.320 e. The van der Waals surface area contributed by atoms with E-state index < -0.39 is 11.6 Å². The number of nitrogens with zero attached hydrogens (tertiary/aromatic N) is 2. The maximum atomic E-state index is 13.6. The molecule has 5 nitrogen and oxygen atoms in total. The molecule has 0 aliphatic carbocycles. The van der Waals surface area contributed by atoms with E-state index >= 15 is 0 Å². The van der Waals surface area contributed by atoms with Gasteiger partial charge in [-0.2, -0.15) is 0 Å². The first kappa shape index (κ1) is 15.8. The van der Waals surface area contributed by atoms with Gasteiger partial charge in [-0.05, 0) is 34.5 Å². The summed E-state index contributed by atoms with van der Waals surface area (Å²) in [6.07, 6.45) is 0. The van der Waals surface area contributed by atoms with Gasteiger partial charge in [0.25, 0.3) is 0 Å². The van der Waals surface area contributed by atoms with Crippen LogP contribution in [-0.2, 0) is 6.54 Å². The van der Waals surface area contributed by atoms with Gasteiger partial charge >= 0.3 is 6.01 Å². The minimum atomic E-state index is -0.742. The van der Waals surface area contributed by atoms with Gasteiger partial charge in [-0.25, -0.2) is 8.78 Å². The van der Waals surface area contributed by atoms with Gasteiger partial charge in [-0.15, -0.1) is 5.10 Å². The summed E-state index contributed by atoms with van der Waals surface area (Å²) in [4.78, 5) is 0. The Balaban J connectivity index is 2.01. The molecule has 0 aliphatic rings. The second-order valence-electron chi connectivity index (χ2n) is 4.90. The first-order valence-corrected chi connectivity index (χ1v) is 7.19. The van der Waals surface area contributed by atoms with Crippen LogP contribution in [0.2, 0.25) is 0 Å². The first-order valence-electron chi connectivity index (χ1n) is 6.40. The van der Waals surface area contributed by atoms with Crippen LogP contribution >= 0.6 is 15.9 Å². The van der Waals surface area contributed by atoms with Crippen LogP contribution in [0.3, 0.4) is 0 Å². The Morgan fingerprint density at radius 1 is 1.24 bits per heavy atom. The zero-order valence-corrected chi connectivity index (χ0v) is 13.2. The predicted octanol–water partition coefficient (Wildman–Crippen LogP) is 3.60. The molecular weight excluding hydrogens is 346 g/mol. The van der Waals surface area contributed by atoms with Crippen LogP contribution in [0.15, 0.2) is 21.0 Å². The largest absolute Gasteiger partial charge is 0.406 e. The third kappa shape index (κ3) is 4.47. The molecule has 21 heavy (non-hydrogen) atoms. The van der Waals surface area contributed by atoms with Crippen LogP contribution < -0.4 is 10.6 Å². The van der Waals surface area contributed by atoms with Gasteiger partial charge in [0, 0.05) is 6.07 Å². The monoisotopic (exact) mass is 360 g/mol. The van der Waals surface area contributed by atoms with E-state index in [1.165, 1.54) is 6.07 Å². The first-order chi connectivity index (χ1) is 9.95. The van der Waals surface area contributed by atoms with Crippen LogP contribution in [0.5, 0.6) is 0 Å². The number of aromatic nitrogens is 2. The molecule has 0 spiro atoms. The van der Waals surface area contributed by atoms with Crippen LogP contribution in [-0.4, -0.2) is 16.7 Å². The van der Waals surface area contributed by atoms with E-state index in [0.717, 1.165) is 12.6 Å². The number of hydrogen-bond acceptors (Lipinski definition) is 5. The summed E-state index contributed by atoms with van der Waals surface area (Å²) in [6.45, 7) is 5.43. The molecular formula is C13H15BrF2N4O. The van der Waals surface area contributed by atoms with Crippen LogP contribution in [0, 0.1) is 17.6 Å². The van der Waals surface area contributed by atoms with E-state index in [1.54, 1.807) is 0 Å². The summed E-state index contributed by atoms with van der Waals surface area (Å²) in [5.74, 6) is -0.522. The number of benzene rings is 1. The molecule has 8 heteroatoms. The highest BCUT2D eigenvalue weighted by molar-refractivity contribution is 9.10. The fourth-order valence-corrected chi connectivity index (χ4v) is 1.92. The highest BCUT2D eigenvalue weighted by atomic mass is 79.9. The molecule has 0 unspecified atom stereocenters. The predicted molar refractivity (Wildman–Crippen MR) is 78.2 cm³/mol. The summed E-state index contributed by atoms with van der Waals surface area (Å²) < 4.78 is 32.2. The Hall–Kier alpha value is -1.54. The van der Waals surface area contributed by atoms with Crippen LogP contribution in [0.25, 0.3) is 0 Å². The summed E-state index contributed by atoms with van der Waals surface area (Å²) in [6, 6.07) is 2.09. The fourth-order valence-electron chi connectivity index (χ4n) is 1.58. The SMILES string of the molecule is CC(C)CNCc1nnc(Nc2cc(Br)c(F)cc2F)o1. The maximum absolute atomic E-state index is 13.6. The van der Waals surface area contributed by atoms with Crippen LogP contribution in [0.4, 0.5) is 20.5 Å². The van der Waals surface area contributed by atoms with Gasteiger partial charge in [0.05, 0.1) is 16.7 Å². The molecule has 0 atom stereocenters. The van der Waals surface area contributed by atoms with Gasteiger partial charge in [-0.3, -0.25) is 0 Å². The molecule has 2 N–H and O–H groups in total. The van der Waals surface area contributed by atoms with Crippen molar-refractivity contribution in [2.75, 3.05) is 11.9 Å². The van der Waals surface area contributed by atoms with Gasteiger partial charge < -0.3 is 15.1 Å². The van der Waals surface area contributed by atoms with Crippen molar-refractivity contribution in [1.29, 1.82) is 0 Å². The lowest BCUT2D eigenvalue weighted by Gasteiger charge is -2.05. The second kappa shape index (κ2) is 6.95. The van der Waals surface area contributed by atoms with Crippen molar-refractivity contribution in [2.24, 2.45) is 5.92 Å². The average molecular weight is 361 g/mol. The van der Waals surface area contributed by atoms with E-state index in [9.17, 15) is 8.78 Å². The van der Waals surface area contributed by atoms with Crippen LogP contribution in [0.1, 0.15) is 19.7 Å². The second-order valence-corrected chi connectivity index (χ2v) is 5.75. The molecule has 0 amide bonds. The Bertz CT molecular complexity index is 618. The zero-order valence-electron chi connectivity index (χ0n) is 11.6.